The molecule has 0 bridgehead atoms. The third kappa shape index (κ3) is 5.56. The molecule has 0 atom stereocenters. The summed E-state index contributed by atoms with van der Waals surface area (Å²) < 4.78 is 19.8. The number of piperazine rings is 1. The van der Waals surface area contributed by atoms with Crippen molar-refractivity contribution in [3.8, 4) is 17.1 Å². The predicted octanol–water partition coefficient (Wildman–Crippen LogP) is 3.43. The molecule has 2 fully saturated rings. The minimum absolute atomic E-state index is 0.0500. The van der Waals surface area contributed by atoms with Gasteiger partial charge < -0.3 is 19.5 Å². The fraction of sp³-hybridized carbons (Fsp3) is 0.407. The number of ether oxygens (including phenoxy) is 1. The molecule has 36 heavy (non-hydrogen) atoms. The molecular formula is C27H30FN5O3. The lowest BCUT2D eigenvalue weighted by Crippen LogP contribution is -2.49. The third-order valence-electron chi connectivity index (χ3n) is 7.00. The Morgan fingerprint density at radius 2 is 1.78 bits per heavy atom. The van der Waals surface area contributed by atoms with E-state index in [4.69, 9.17) is 4.74 Å². The van der Waals surface area contributed by atoms with Crippen molar-refractivity contribution >= 4 is 11.6 Å². The maximum Gasteiger partial charge on any atom is 0.273 e. The number of hydrogen-bond donors (Lipinski definition) is 1. The van der Waals surface area contributed by atoms with Crippen LogP contribution in [0.2, 0.25) is 0 Å². The summed E-state index contributed by atoms with van der Waals surface area (Å²) in [5, 5.41) is 8.25. The molecule has 1 aliphatic heterocycles. The number of amides is 1. The highest BCUT2D eigenvalue weighted by molar-refractivity contribution is 5.76. The van der Waals surface area contributed by atoms with E-state index in [0.717, 1.165) is 17.9 Å². The van der Waals surface area contributed by atoms with Gasteiger partial charge in [-0.2, -0.15) is 0 Å². The van der Waals surface area contributed by atoms with Gasteiger partial charge in [-0.15, -0.1) is 10.2 Å². The van der Waals surface area contributed by atoms with Crippen LogP contribution < -0.4 is 15.2 Å². The van der Waals surface area contributed by atoms with Crippen LogP contribution in [0, 0.1) is 11.7 Å². The van der Waals surface area contributed by atoms with E-state index in [2.05, 4.69) is 15.2 Å². The first-order chi connectivity index (χ1) is 17.6. The van der Waals surface area contributed by atoms with Crippen molar-refractivity contribution in [2.45, 2.75) is 32.1 Å². The summed E-state index contributed by atoms with van der Waals surface area (Å²) in [6.45, 7) is 2.88. The molecule has 1 saturated carbocycles. The Morgan fingerprint density at radius 1 is 1.03 bits per heavy atom. The Kier molecular flexibility index (Phi) is 7.25. The highest BCUT2D eigenvalue weighted by Crippen LogP contribution is 2.27. The largest absolute Gasteiger partial charge is 0.493 e. The Balaban J connectivity index is 1.12. The lowest BCUT2D eigenvalue weighted by atomic mass is 9.86. The average molecular weight is 492 g/mol. The van der Waals surface area contributed by atoms with Gasteiger partial charge in [-0.3, -0.25) is 9.59 Å². The average Bonchev–Trinajstić information content (AvgIpc) is 2.88. The van der Waals surface area contributed by atoms with Crippen molar-refractivity contribution < 1.29 is 13.9 Å². The molecule has 0 unspecified atom stereocenters. The Morgan fingerprint density at radius 3 is 2.44 bits per heavy atom. The molecule has 1 aliphatic carbocycles. The van der Waals surface area contributed by atoms with Crippen molar-refractivity contribution in [3.63, 3.8) is 0 Å². The van der Waals surface area contributed by atoms with Crippen molar-refractivity contribution in [1.82, 2.24) is 20.1 Å². The van der Waals surface area contributed by atoms with Gasteiger partial charge in [-0.1, -0.05) is 18.6 Å². The minimum Gasteiger partial charge on any atom is -0.493 e. The zero-order chi connectivity index (χ0) is 24.9. The van der Waals surface area contributed by atoms with Crippen molar-refractivity contribution in [1.29, 1.82) is 0 Å². The normalized spacial score (nSPS) is 16.0. The van der Waals surface area contributed by atoms with Crippen LogP contribution in [0.5, 0.6) is 5.75 Å². The van der Waals surface area contributed by atoms with E-state index in [9.17, 15) is 14.0 Å². The SMILES string of the molecule is O=C(CCc1nnc(-c2ccc(OCC3CCC3)cc2)[nH]c1=O)N1CCN(c2ccccc2F)CC1. The van der Waals surface area contributed by atoms with E-state index in [0.29, 0.717) is 43.6 Å². The summed E-state index contributed by atoms with van der Waals surface area (Å²) in [4.78, 5) is 31.7. The first kappa shape index (κ1) is 24.0. The summed E-state index contributed by atoms with van der Waals surface area (Å²) in [6.07, 6.45) is 4.14. The predicted molar refractivity (Wildman–Crippen MR) is 134 cm³/mol. The molecule has 1 aromatic heterocycles. The van der Waals surface area contributed by atoms with Crippen LogP contribution >= 0.6 is 0 Å². The maximum atomic E-state index is 14.0. The van der Waals surface area contributed by atoms with E-state index in [1.54, 1.807) is 23.1 Å². The third-order valence-corrected chi connectivity index (χ3v) is 7.00. The Labute approximate surface area is 209 Å². The number of carbonyl (C=O) groups is 1. The smallest absolute Gasteiger partial charge is 0.273 e. The van der Waals surface area contributed by atoms with Gasteiger partial charge in [0.25, 0.3) is 5.56 Å². The molecule has 9 heteroatoms. The van der Waals surface area contributed by atoms with Crippen LogP contribution in [-0.2, 0) is 11.2 Å². The molecule has 0 spiro atoms. The molecule has 5 rings (SSSR count). The second-order valence-electron chi connectivity index (χ2n) is 9.40. The number of para-hydroxylation sites is 1. The quantitative estimate of drug-likeness (QED) is 0.519. The van der Waals surface area contributed by atoms with E-state index < -0.39 is 0 Å². The highest BCUT2D eigenvalue weighted by Gasteiger charge is 2.23. The molecule has 1 N–H and O–H groups in total. The Bertz CT molecular complexity index is 1250. The number of halogens is 1. The zero-order valence-electron chi connectivity index (χ0n) is 20.2. The number of carbonyl (C=O) groups excluding carboxylic acids is 1. The van der Waals surface area contributed by atoms with Crippen LogP contribution in [0.4, 0.5) is 10.1 Å². The number of nitrogens with zero attached hydrogens (tertiary/aromatic N) is 4. The minimum atomic E-state index is -0.345. The van der Waals surface area contributed by atoms with Crippen molar-refractivity contribution in [2.75, 3.05) is 37.7 Å². The monoisotopic (exact) mass is 491 g/mol. The topological polar surface area (TPSA) is 91.4 Å². The van der Waals surface area contributed by atoms with Crippen molar-refractivity contribution in [2.24, 2.45) is 5.92 Å². The van der Waals surface area contributed by atoms with Gasteiger partial charge in [0, 0.05) is 44.6 Å². The summed E-state index contributed by atoms with van der Waals surface area (Å²) in [5.41, 5.74) is 1.19. The van der Waals surface area contributed by atoms with Gasteiger partial charge in [-0.05, 0) is 55.2 Å². The maximum absolute atomic E-state index is 14.0. The molecule has 1 amide bonds. The van der Waals surface area contributed by atoms with Crippen LogP contribution in [-0.4, -0.2) is 58.8 Å². The lowest BCUT2D eigenvalue weighted by Gasteiger charge is -2.36. The van der Waals surface area contributed by atoms with Gasteiger partial charge >= 0.3 is 0 Å². The van der Waals surface area contributed by atoms with E-state index >= 15 is 0 Å². The number of aryl methyl sites for hydroxylation is 1. The fourth-order valence-corrected chi connectivity index (χ4v) is 4.52. The second kappa shape index (κ2) is 10.9. The zero-order valence-corrected chi connectivity index (χ0v) is 20.2. The number of aromatic amines is 1. The molecule has 2 heterocycles. The molecule has 0 radical (unpaired) electrons. The summed E-state index contributed by atoms with van der Waals surface area (Å²) in [7, 11) is 0. The number of benzene rings is 2. The van der Waals surface area contributed by atoms with E-state index in [1.807, 2.05) is 29.2 Å². The van der Waals surface area contributed by atoms with E-state index in [-0.39, 0.29) is 35.8 Å². The first-order valence-corrected chi connectivity index (χ1v) is 12.5. The highest BCUT2D eigenvalue weighted by atomic mass is 19.1. The summed E-state index contributed by atoms with van der Waals surface area (Å²) >= 11 is 0. The number of nitrogens with one attached hydrogen (secondary N) is 1. The first-order valence-electron chi connectivity index (χ1n) is 12.5. The molecule has 2 aliphatic rings. The number of rotatable bonds is 8. The van der Waals surface area contributed by atoms with Crippen LogP contribution in [0.15, 0.2) is 53.3 Å². The molecule has 188 valence electrons. The standard InChI is InChI=1S/C27H30FN5O3/c28-22-6-1-2-7-24(22)32-14-16-33(17-15-32)25(34)13-12-23-27(35)29-26(31-30-23)20-8-10-21(11-9-20)36-18-19-4-3-5-19/h1-2,6-11,19H,3-5,12-18H2,(H,29,31,35). The number of anilines is 1. The molecule has 2 aromatic carbocycles. The van der Waals surface area contributed by atoms with E-state index in [1.165, 1.54) is 25.3 Å². The van der Waals surface area contributed by atoms with Gasteiger partial charge in [0.1, 0.15) is 17.3 Å². The van der Waals surface area contributed by atoms with Crippen LogP contribution in [0.3, 0.4) is 0 Å². The fourth-order valence-electron chi connectivity index (χ4n) is 4.52. The number of H-pyrrole nitrogens is 1. The molecule has 1 saturated heterocycles. The second-order valence-corrected chi connectivity index (χ2v) is 9.40. The Hall–Kier alpha value is -3.75. The lowest BCUT2D eigenvalue weighted by molar-refractivity contribution is -0.131. The molecule has 3 aromatic rings. The van der Waals surface area contributed by atoms with Gasteiger partial charge in [-0.25, -0.2) is 4.39 Å². The van der Waals surface area contributed by atoms with Crippen LogP contribution in [0.1, 0.15) is 31.4 Å². The molecule has 8 nitrogen and oxygen atoms in total. The number of aromatic nitrogens is 3. The summed E-state index contributed by atoms with van der Waals surface area (Å²) in [6, 6.07) is 14.1. The van der Waals surface area contributed by atoms with Crippen molar-refractivity contribution in [3.05, 3.63) is 70.4 Å². The molecular weight excluding hydrogens is 461 g/mol. The summed E-state index contributed by atoms with van der Waals surface area (Å²) in [5.74, 6) is 1.53. The van der Waals surface area contributed by atoms with Crippen LogP contribution in [0.25, 0.3) is 11.4 Å². The van der Waals surface area contributed by atoms with Gasteiger partial charge in [0.05, 0.1) is 12.3 Å². The van der Waals surface area contributed by atoms with Gasteiger partial charge in [0.15, 0.2) is 5.82 Å². The van der Waals surface area contributed by atoms with Gasteiger partial charge in [0.2, 0.25) is 5.91 Å². The number of hydrogen-bond acceptors (Lipinski definition) is 6.